The molecular formula is C8H15NO3. The minimum atomic E-state index is -0.250. The van der Waals surface area contributed by atoms with Gasteiger partial charge in [-0.1, -0.05) is 0 Å². The van der Waals surface area contributed by atoms with E-state index in [1.165, 1.54) is 19.3 Å². The van der Waals surface area contributed by atoms with Crippen LogP contribution in [0.3, 0.4) is 0 Å². The Morgan fingerprint density at radius 2 is 1.75 bits per heavy atom. The fraction of sp³-hybridized carbons (Fsp3) is 0.875. The molecule has 2 unspecified atom stereocenters. The first-order chi connectivity index (χ1) is 5.80. The molecule has 2 aliphatic heterocycles. The summed E-state index contributed by atoms with van der Waals surface area (Å²) in [5.74, 6) is 0.606. The molecule has 2 bridgehead atoms. The van der Waals surface area contributed by atoms with Gasteiger partial charge in [-0.2, -0.15) is 0 Å². The zero-order valence-electron chi connectivity index (χ0n) is 6.94. The molecule has 0 aromatic carbocycles. The molecule has 3 rings (SSSR count). The summed E-state index contributed by atoms with van der Waals surface area (Å²) in [6.07, 6.45) is 3.76. The van der Waals surface area contributed by atoms with Crippen molar-refractivity contribution in [2.45, 2.75) is 31.3 Å². The van der Waals surface area contributed by atoms with Gasteiger partial charge < -0.3 is 15.5 Å². The van der Waals surface area contributed by atoms with Crippen LogP contribution < -0.4 is 5.32 Å². The Labute approximate surface area is 71.6 Å². The normalized spacial score (nSPS) is 37.2. The lowest BCUT2D eigenvalue weighted by atomic mass is 9.76. The van der Waals surface area contributed by atoms with E-state index in [9.17, 15) is 0 Å². The maximum absolute atomic E-state index is 8.80. The number of fused-ring (bicyclic) bond motifs is 2. The van der Waals surface area contributed by atoms with Gasteiger partial charge in [0.1, 0.15) is 0 Å². The van der Waals surface area contributed by atoms with Gasteiger partial charge in [-0.15, -0.1) is 0 Å². The predicted molar refractivity (Wildman–Crippen MR) is 43.8 cm³/mol. The Bertz CT molecular complexity index is 135. The number of carbonyl (C=O) groups is 1. The Morgan fingerprint density at radius 3 is 2.00 bits per heavy atom. The molecule has 4 heteroatoms. The van der Waals surface area contributed by atoms with Gasteiger partial charge in [0.05, 0.1) is 0 Å². The fourth-order valence-electron chi connectivity index (χ4n) is 2.03. The number of rotatable bonds is 1. The van der Waals surface area contributed by atoms with Crippen molar-refractivity contribution in [2.24, 2.45) is 5.92 Å². The smallest absolute Gasteiger partial charge is 0.290 e. The van der Waals surface area contributed by atoms with Crippen LogP contribution in [-0.2, 0) is 4.79 Å². The molecule has 1 aliphatic carbocycles. The zero-order valence-corrected chi connectivity index (χ0v) is 6.94. The summed E-state index contributed by atoms with van der Waals surface area (Å²) < 4.78 is 0. The first-order valence-corrected chi connectivity index (χ1v) is 4.25. The van der Waals surface area contributed by atoms with Crippen molar-refractivity contribution >= 4 is 6.47 Å². The number of nitrogens with one attached hydrogen (secondary N) is 1. The summed E-state index contributed by atoms with van der Waals surface area (Å²) in [6.45, 7) is 0.148. The number of hydrogen-bond acceptors (Lipinski definition) is 3. The van der Waals surface area contributed by atoms with E-state index in [1.807, 2.05) is 0 Å². The van der Waals surface area contributed by atoms with Crippen LogP contribution in [0, 0.1) is 5.92 Å². The molecule has 0 spiro atoms. The van der Waals surface area contributed by atoms with Crippen LogP contribution in [-0.4, -0.2) is 35.4 Å². The standard InChI is InChI=1S/C7H13NO.CH2O2/c9-4-5-1-6-3-7(2-5)8-6;2-1-3/h5-9H,1-4H2;1H,(H,2,3). The number of aliphatic hydroxyl groups is 1. The first kappa shape index (κ1) is 9.48. The van der Waals surface area contributed by atoms with Crippen LogP contribution in [0.2, 0.25) is 0 Å². The summed E-state index contributed by atoms with van der Waals surface area (Å²) in [5.41, 5.74) is 0. The van der Waals surface area contributed by atoms with Crippen molar-refractivity contribution < 1.29 is 15.0 Å². The topological polar surface area (TPSA) is 69.6 Å². The third kappa shape index (κ3) is 2.19. The van der Waals surface area contributed by atoms with Crippen LogP contribution >= 0.6 is 0 Å². The predicted octanol–water partition coefficient (Wildman–Crippen LogP) is -0.180. The zero-order chi connectivity index (χ0) is 8.97. The van der Waals surface area contributed by atoms with Gasteiger partial charge in [0.15, 0.2) is 0 Å². The molecule has 3 fully saturated rings. The average Bonchev–Trinajstić information content (AvgIpc) is 2.05. The molecule has 70 valence electrons. The molecular weight excluding hydrogens is 158 g/mol. The van der Waals surface area contributed by atoms with Gasteiger partial charge >= 0.3 is 0 Å². The van der Waals surface area contributed by atoms with Crippen molar-refractivity contribution in [3.63, 3.8) is 0 Å². The fourth-order valence-corrected chi connectivity index (χ4v) is 2.03. The van der Waals surface area contributed by atoms with Gasteiger partial charge in [0.2, 0.25) is 0 Å². The molecule has 0 aromatic heterocycles. The van der Waals surface area contributed by atoms with Gasteiger partial charge in [-0.05, 0) is 25.2 Å². The van der Waals surface area contributed by atoms with Crippen molar-refractivity contribution in [1.82, 2.24) is 5.32 Å². The summed E-state index contributed by atoms with van der Waals surface area (Å²) >= 11 is 0. The van der Waals surface area contributed by atoms with Crippen molar-refractivity contribution in [3.8, 4) is 0 Å². The Balaban J connectivity index is 0.000000213. The van der Waals surface area contributed by atoms with E-state index in [-0.39, 0.29) is 6.47 Å². The number of carboxylic acid groups (broad SMARTS) is 1. The van der Waals surface area contributed by atoms with Crippen LogP contribution in [0.5, 0.6) is 0 Å². The molecule has 2 atom stereocenters. The van der Waals surface area contributed by atoms with Crippen LogP contribution in [0.15, 0.2) is 0 Å². The summed E-state index contributed by atoms with van der Waals surface area (Å²) in [4.78, 5) is 8.36. The summed E-state index contributed by atoms with van der Waals surface area (Å²) in [6, 6.07) is 1.50. The van der Waals surface area contributed by atoms with Crippen molar-refractivity contribution in [2.75, 3.05) is 6.61 Å². The van der Waals surface area contributed by atoms with E-state index in [2.05, 4.69) is 5.32 Å². The number of aliphatic hydroxyl groups excluding tert-OH is 1. The molecule has 0 radical (unpaired) electrons. The summed E-state index contributed by atoms with van der Waals surface area (Å²) in [7, 11) is 0. The maximum Gasteiger partial charge on any atom is 0.290 e. The largest absolute Gasteiger partial charge is 0.483 e. The summed E-state index contributed by atoms with van der Waals surface area (Å²) in [5, 5.41) is 19.1. The lowest BCUT2D eigenvalue weighted by Crippen LogP contribution is -2.58. The molecule has 0 aromatic rings. The first-order valence-electron chi connectivity index (χ1n) is 4.25. The second kappa shape index (κ2) is 4.42. The average molecular weight is 173 g/mol. The monoisotopic (exact) mass is 173 g/mol. The van der Waals surface area contributed by atoms with E-state index in [0.717, 1.165) is 12.1 Å². The highest BCUT2D eigenvalue weighted by Gasteiger charge is 2.36. The van der Waals surface area contributed by atoms with Crippen molar-refractivity contribution in [3.05, 3.63) is 0 Å². The molecule has 4 nitrogen and oxygen atoms in total. The van der Waals surface area contributed by atoms with Crippen LogP contribution in [0.25, 0.3) is 0 Å². The highest BCUT2D eigenvalue weighted by molar-refractivity contribution is 5.32. The molecule has 3 N–H and O–H groups in total. The van der Waals surface area contributed by atoms with E-state index < -0.39 is 0 Å². The van der Waals surface area contributed by atoms with Crippen LogP contribution in [0.4, 0.5) is 0 Å². The minimum Gasteiger partial charge on any atom is -0.483 e. The number of hydrogen-bond donors (Lipinski definition) is 3. The minimum absolute atomic E-state index is 0.250. The van der Waals surface area contributed by atoms with E-state index >= 15 is 0 Å². The molecule has 3 aliphatic rings. The van der Waals surface area contributed by atoms with E-state index in [1.54, 1.807) is 0 Å². The molecule has 2 heterocycles. The number of piperidine rings is 1. The molecule has 12 heavy (non-hydrogen) atoms. The third-order valence-electron chi connectivity index (χ3n) is 2.53. The molecule has 1 saturated carbocycles. The Morgan fingerprint density at radius 1 is 1.33 bits per heavy atom. The van der Waals surface area contributed by atoms with Crippen LogP contribution in [0.1, 0.15) is 19.3 Å². The highest BCUT2D eigenvalue weighted by atomic mass is 16.3. The van der Waals surface area contributed by atoms with Crippen molar-refractivity contribution in [1.29, 1.82) is 0 Å². The Hall–Kier alpha value is -0.610. The quantitative estimate of drug-likeness (QED) is 0.481. The van der Waals surface area contributed by atoms with Gasteiger partial charge in [0, 0.05) is 18.7 Å². The lowest BCUT2D eigenvalue weighted by molar-refractivity contribution is -0.122. The highest BCUT2D eigenvalue weighted by Crippen LogP contribution is 2.31. The SMILES string of the molecule is O=CO.OCC1CC2CC(C1)N2. The second-order valence-electron chi connectivity index (χ2n) is 3.42. The van der Waals surface area contributed by atoms with E-state index in [4.69, 9.17) is 15.0 Å². The lowest BCUT2D eigenvalue weighted by Gasteiger charge is -2.46. The molecule has 0 amide bonds. The molecule has 2 saturated heterocycles. The van der Waals surface area contributed by atoms with Gasteiger partial charge in [-0.3, -0.25) is 4.79 Å². The van der Waals surface area contributed by atoms with E-state index in [0.29, 0.717) is 12.5 Å². The maximum atomic E-state index is 8.80. The van der Waals surface area contributed by atoms with Gasteiger partial charge in [0.25, 0.3) is 6.47 Å². The Kier molecular flexibility index (Phi) is 3.49. The van der Waals surface area contributed by atoms with Gasteiger partial charge in [-0.25, -0.2) is 0 Å². The third-order valence-corrected chi connectivity index (χ3v) is 2.53. The second-order valence-corrected chi connectivity index (χ2v) is 3.42.